The molecule has 0 fully saturated rings. The Morgan fingerprint density at radius 1 is 1.12 bits per heavy atom. The summed E-state index contributed by atoms with van der Waals surface area (Å²) in [7, 11) is 0. The summed E-state index contributed by atoms with van der Waals surface area (Å²) >= 11 is 0. The Morgan fingerprint density at radius 2 is 1.88 bits per heavy atom. The smallest absolute Gasteiger partial charge is 0.407 e. The normalized spacial score (nSPS) is 12.0. The number of nitrogens with two attached hydrogens (primary N) is 1. The van der Waals surface area contributed by atoms with Gasteiger partial charge in [0.2, 0.25) is 0 Å². The molecule has 0 radical (unpaired) electrons. The van der Waals surface area contributed by atoms with Crippen LogP contribution in [0.4, 0.5) is 4.79 Å². The Morgan fingerprint density at radius 3 is 2.69 bits per heavy atom. The van der Waals surface area contributed by atoms with Gasteiger partial charge in [-0.1, -0.05) is 42.5 Å². The van der Waals surface area contributed by atoms with Crippen molar-refractivity contribution in [1.82, 2.24) is 15.3 Å². The van der Waals surface area contributed by atoms with Crippen molar-refractivity contribution in [3.05, 3.63) is 66.0 Å². The van der Waals surface area contributed by atoms with Crippen molar-refractivity contribution in [2.45, 2.75) is 31.9 Å². The Kier molecular flexibility index (Phi) is 6.22. The number of alkyl carbamates (subject to hydrolysis) is 1. The second-order valence-corrected chi connectivity index (χ2v) is 6.23. The van der Waals surface area contributed by atoms with Crippen LogP contribution >= 0.6 is 0 Å². The number of amides is 1. The van der Waals surface area contributed by atoms with Gasteiger partial charge in [0.1, 0.15) is 12.4 Å². The number of imidazole rings is 1. The lowest BCUT2D eigenvalue weighted by molar-refractivity contribution is 0.139. The van der Waals surface area contributed by atoms with Gasteiger partial charge < -0.3 is 20.8 Å². The number of nitrogens with one attached hydrogen (secondary N) is 2. The first kappa shape index (κ1) is 17.9. The zero-order valence-corrected chi connectivity index (χ0v) is 14.7. The SMILES string of the molecule is N[C@@H](CCCCNC(=O)OCc1ccccc1)c1nc2ccccc2[nH]1. The van der Waals surface area contributed by atoms with Gasteiger partial charge in [-0.3, -0.25) is 0 Å². The summed E-state index contributed by atoms with van der Waals surface area (Å²) in [5.41, 5.74) is 9.11. The van der Waals surface area contributed by atoms with Crippen LogP contribution in [0.2, 0.25) is 0 Å². The molecule has 1 atom stereocenters. The lowest BCUT2D eigenvalue weighted by Crippen LogP contribution is -2.25. The molecule has 0 saturated carbocycles. The third kappa shape index (κ3) is 5.07. The molecule has 1 heterocycles. The topological polar surface area (TPSA) is 93.0 Å². The molecule has 26 heavy (non-hydrogen) atoms. The number of nitrogens with zero attached hydrogens (tertiary/aromatic N) is 1. The van der Waals surface area contributed by atoms with Crippen LogP contribution in [0, 0.1) is 0 Å². The summed E-state index contributed by atoms with van der Waals surface area (Å²) in [6, 6.07) is 17.4. The average molecular weight is 352 g/mol. The first-order valence-corrected chi connectivity index (χ1v) is 8.87. The van der Waals surface area contributed by atoms with Gasteiger partial charge in [-0.25, -0.2) is 9.78 Å². The van der Waals surface area contributed by atoms with Gasteiger partial charge in [-0.15, -0.1) is 0 Å². The largest absolute Gasteiger partial charge is 0.445 e. The summed E-state index contributed by atoms with van der Waals surface area (Å²) in [5.74, 6) is 0.807. The molecule has 0 aliphatic heterocycles. The lowest BCUT2D eigenvalue weighted by atomic mass is 10.1. The number of benzene rings is 2. The molecule has 0 bridgehead atoms. The van der Waals surface area contributed by atoms with E-state index in [4.69, 9.17) is 10.5 Å². The molecule has 3 aromatic rings. The van der Waals surface area contributed by atoms with Gasteiger partial charge >= 0.3 is 6.09 Å². The molecular formula is C20H24N4O2. The highest BCUT2D eigenvalue weighted by Crippen LogP contribution is 2.18. The number of carbonyl (C=O) groups is 1. The molecule has 0 spiro atoms. The van der Waals surface area contributed by atoms with E-state index in [0.29, 0.717) is 6.54 Å². The third-order valence-corrected chi connectivity index (χ3v) is 4.18. The Bertz CT molecular complexity index is 799. The molecule has 6 heteroatoms. The summed E-state index contributed by atoms with van der Waals surface area (Å²) in [4.78, 5) is 19.4. The van der Waals surface area contributed by atoms with E-state index >= 15 is 0 Å². The molecule has 0 saturated heterocycles. The highest BCUT2D eigenvalue weighted by atomic mass is 16.5. The number of hydrogen-bond acceptors (Lipinski definition) is 4. The predicted molar refractivity (Wildman–Crippen MR) is 102 cm³/mol. The van der Waals surface area contributed by atoms with E-state index in [1.165, 1.54) is 0 Å². The lowest BCUT2D eigenvalue weighted by Gasteiger charge is -2.09. The number of hydrogen-bond donors (Lipinski definition) is 3. The van der Waals surface area contributed by atoms with Crippen molar-refractivity contribution in [2.24, 2.45) is 5.73 Å². The highest BCUT2D eigenvalue weighted by molar-refractivity contribution is 5.74. The maximum atomic E-state index is 11.7. The van der Waals surface area contributed by atoms with E-state index < -0.39 is 6.09 Å². The number of fused-ring (bicyclic) bond motifs is 1. The zero-order chi connectivity index (χ0) is 18.2. The number of unbranched alkanes of at least 4 members (excludes halogenated alkanes) is 1. The number of H-pyrrole nitrogens is 1. The van der Waals surface area contributed by atoms with Crippen LogP contribution in [0.25, 0.3) is 11.0 Å². The van der Waals surface area contributed by atoms with Crippen LogP contribution in [0.5, 0.6) is 0 Å². The van der Waals surface area contributed by atoms with E-state index in [1.807, 2.05) is 54.6 Å². The molecule has 3 rings (SSSR count). The number of ether oxygens (including phenoxy) is 1. The second-order valence-electron chi connectivity index (χ2n) is 6.23. The predicted octanol–water partition coefficient (Wildman–Crippen LogP) is 3.66. The van der Waals surface area contributed by atoms with Crippen molar-refractivity contribution in [3.63, 3.8) is 0 Å². The van der Waals surface area contributed by atoms with Crippen molar-refractivity contribution in [1.29, 1.82) is 0 Å². The van der Waals surface area contributed by atoms with E-state index in [9.17, 15) is 4.79 Å². The minimum atomic E-state index is -0.393. The van der Waals surface area contributed by atoms with Crippen molar-refractivity contribution in [3.8, 4) is 0 Å². The minimum Gasteiger partial charge on any atom is -0.445 e. The zero-order valence-electron chi connectivity index (χ0n) is 14.7. The summed E-state index contributed by atoms with van der Waals surface area (Å²) in [6.45, 7) is 0.851. The number of aromatic nitrogens is 2. The van der Waals surface area contributed by atoms with E-state index in [0.717, 1.165) is 41.7 Å². The molecule has 0 unspecified atom stereocenters. The molecule has 0 aliphatic rings. The van der Waals surface area contributed by atoms with Gasteiger partial charge in [-0.2, -0.15) is 0 Å². The van der Waals surface area contributed by atoms with Crippen LogP contribution in [-0.2, 0) is 11.3 Å². The van der Waals surface area contributed by atoms with E-state index in [-0.39, 0.29) is 12.6 Å². The van der Waals surface area contributed by atoms with Gasteiger partial charge in [0.05, 0.1) is 17.1 Å². The van der Waals surface area contributed by atoms with Crippen molar-refractivity contribution < 1.29 is 9.53 Å². The Hall–Kier alpha value is -2.86. The standard InChI is InChI=1S/C20H24N4O2/c21-16(19-23-17-11-4-5-12-18(17)24-19)10-6-7-13-22-20(25)26-14-15-8-2-1-3-9-15/h1-5,8-9,11-12,16H,6-7,10,13-14,21H2,(H,22,25)(H,23,24)/t16-/m0/s1. The Balaban J connectivity index is 1.31. The van der Waals surface area contributed by atoms with Crippen LogP contribution in [0.15, 0.2) is 54.6 Å². The average Bonchev–Trinajstić information content (AvgIpc) is 3.11. The summed E-state index contributed by atoms with van der Waals surface area (Å²) in [6.07, 6.45) is 2.15. The summed E-state index contributed by atoms with van der Waals surface area (Å²) < 4.78 is 5.17. The number of para-hydroxylation sites is 2. The maximum Gasteiger partial charge on any atom is 0.407 e. The van der Waals surface area contributed by atoms with E-state index in [1.54, 1.807) is 0 Å². The molecular weight excluding hydrogens is 328 g/mol. The first-order chi connectivity index (χ1) is 12.7. The molecule has 1 amide bonds. The molecule has 0 aliphatic carbocycles. The number of carbonyl (C=O) groups excluding carboxylic acids is 1. The fourth-order valence-corrected chi connectivity index (χ4v) is 2.74. The highest BCUT2D eigenvalue weighted by Gasteiger charge is 2.11. The summed E-state index contributed by atoms with van der Waals surface area (Å²) in [5, 5.41) is 2.76. The molecule has 1 aromatic heterocycles. The van der Waals surface area contributed by atoms with Crippen LogP contribution < -0.4 is 11.1 Å². The molecule has 6 nitrogen and oxygen atoms in total. The van der Waals surface area contributed by atoms with Crippen LogP contribution in [0.1, 0.15) is 36.7 Å². The van der Waals surface area contributed by atoms with Gasteiger partial charge in [0.25, 0.3) is 0 Å². The van der Waals surface area contributed by atoms with Gasteiger partial charge in [0.15, 0.2) is 0 Å². The van der Waals surface area contributed by atoms with E-state index in [2.05, 4.69) is 15.3 Å². The van der Waals surface area contributed by atoms with Crippen molar-refractivity contribution in [2.75, 3.05) is 6.54 Å². The second kappa shape index (κ2) is 9.01. The van der Waals surface area contributed by atoms with Gasteiger partial charge in [-0.05, 0) is 37.0 Å². The van der Waals surface area contributed by atoms with Crippen LogP contribution in [-0.4, -0.2) is 22.6 Å². The fourth-order valence-electron chi connectivity index (χ4n) is 2.74. The van der Waals surface area contributed by atoms with Crippen molar-refractivity contribution >= 4 is 17.1 Å². The molecule has 4 N–H and O–H groups in total. The quantitative estimate of drug-likeness (QED) is 0.539. The monoisotopic (exact) mass is 352 g/mol. The molecule has 2 aromatic carbocycles. The minimum absolute atomic E-state index is 0.132. The number of rotatable bonds is 8. The van der Waals surface area contributed by atoms with Crippen LogP contribution in [0.3, 0.4) is 0 Å². The maximum absolute atomic E-state index is 11.7. The number of aromatic amines is 1. The fraction of sp³-hybridized carbons (Fsp3) is 0.300. The Labute approximate surface area is 152 Å². The van der Waals surface area contributed by atoms with Gasteiger partial charge in [0, 0.05) is 6.54 Å². The molecule has 136 valence electrons. The third-order valence-electron chi connectivity index (χ3n) is 4.18. The first-order valence-electron chi connectivity index (χ1n) is 8.87.